The van der Waals surface area contributed by atoms with Crippen LogP contribution in [0.15, 0.2) is 12.2 Å². The Hall–Kier alpha value is -0.420. The molecular formula is C24H48O4. The van der Waals surface area contributed by atoms with Crippen molar-refractivity contribution < 1.29 is 19.7 Å². The van der Waals surface area contributed by atoms with E-state index in [4.69, 9.17) is 14.6 Å². The van der Waals surface area contributed by atoms with Gasteiger partial charge in [0, 0.05) is 7.11 Å². The van der Waals surface area contributed by atoms with E-state index in [1.165, 1.54) is 83.5 Å². The predicted octanol–water partition coefficient (Wildman–Crippen LogP) is 5.80. The Labute approximate surface area is 174 Å². The molecule has 0 unspecified atom stereocenters. The summed E-state index contributed by atoms with van der Waals surface area (Å²) >= 11 is 0. The van der Waals surface area contributed by atoms with Crippen LogP contribution in [-0.2, 0) is 9.47 Å². The number of hydrogen-bond donors (Lipinski definition) is 2. The number of unbranched alkanes of at least 4 members (excludes halogenated alkanes) is 13. The highest BCUT2D eigenvalue weighted by Crippen LogP contribution is 2.13. The summed E-state index contributed by atoms with van der Waals surface area (Å²) in [5, 5.41) is 18.0. The molecule has 0 aliphatic rings. The van der Waals surface area contributed by atoms with Gasteiger partial charge in [-0.1, -0.05) is 96.1 Å². The molecule has 4 heteroatoms. The van der Waals surface area contributed by atoms with Gasteiger partial charge in [-0.2, -0.15) is 0 Å². The van der Waals surface area contributed by atoms with Gasteiger partial charge in [0.1, 0.15) is 6.10 Å². The van der Waals surface area contributed by atoms with Crippen LogP contribution in [-0.4, -0.2) is 49.4 Å². The fraction of sp³-hybridized carbons (Fsp3) is 0.917. The lowest BCUT2D eigenvalue weighted by Crippen LogP contribution is -2.24. The van der Waals surface area contributed by atoms with E-state index in [-0.39, 0.29) is 19.3 Å². The van der Waals surface area contributed by atoms with Crippen molar-refractivity contribution in [2.45, 2.75) is 115 Å². The van der Waals surface area contributed by atoms with Crippen molar-refractivity contribution in [1.29, 1.82) is 0 Å². The minimum Gasteiger partial charge on any atom is -0.394 e. The van der Waals surface area contributed by atoms with E-state index in [0.29, 0.717) is 6.61 Å². The van der Waals surface area contributed by atoms with Crippen molar-refractivity contribution in [2.24, 2.45) is 0 Å². The molecule has 0 aromatic rings. The van der Waals surface area contributed by atoms with Crippen LogP contribution in [0.2, 0.25) is 0 Å². The molecule has 0 saturated carbocycles. The highest BCUT2D eigenvalue weighted by atomic mass is 16.5. The molecule has 0 saturated heterocycles. The van der Waals surface area contributed by atoms with E-state index >= 15 is 0 Å². The van der Waals surface area contributed by atoms with Crippen LogP contribution in [0.1, 0.15) is 103 Å². The van der Waals surface area contributed by atoms with Gasteiger partial charge >= 0.3 is 0 Å². The maximum atomic E-state index is 9.24. The Morgan fingerprint density at radius 1 is 0.750 bits per heavy atom. The van der Waals surface area contributed by atoms with Gasteiger partial charge in [-0.25, -0.2) is 0 Å². The highest BCUT2D eigenvalue weighted by molar-refractivity contribution is 4.84. The van der Waals surface area contributed by atoms with Crippen LogP contribution in [0, 0.1) is 0 Å². The monoisotopic (exact) mass is 400 g/mol. The van der Waals surface area contributed by atoms with Gasteiger partial charge in [-0.05, 0) is 19.3 Å². The molecule has 2 N–H and O–H groups in total. The van der Waals surface area contributed by atoms with Gasteiger partial charge < -0.3 is 19.7 Å². The molecule has 0 aromatic carbocycles. The fourth-order valence-corrected chi connectivity index (χ4v) is 3.27. The molecule has 0 aliphatic carbocycles. The fourth-order valence-electron chi connectivity index (χ4n) is 3.27. The Balaban J connectivity index is 3.34. The molecule has 0 spiro atoms. The first-order valence-electron chi connectivity index (χ1n) is 11.8. The van der Waals surface area contributed by atoms with Crippen LogP contribution < -0.4 is 0 Å². The van der Waals surface area contributed by atoms with Crippen molar-refractivity contribution in [2.75, 3.05) is 26.9 Å². The predicted molar refractivity (Wildman–Crippen MR) is 119 cm³/mol. The summed E-state index contributed by atoms with van der Waals surface area (Å²) < 4.78 is 10.7. The zero-order valence-electron chi connectivity index (χ0n) is 18.7. The second-order valence-electron chi connectivity index (χ2n) is 7.97. The topological polar surface area (TPSA) is 58.9 Å². The van der Waals surface area contributed by atoms with Crippen molar-refractivity contribution in [3.63, 3.8) is 0 Å². The lowest BCUT2D eigenvalue weighted by Gasteiger charge is -2.15. The standard InChI is InChI=1S/C24H48O4/c1-3-4-5-6-7-8-9-10-11-12-13-14-15-16-17-18-19-24(27-2)22-28-21-23(26)20-25/h17-18,23-26H,3-16,19-22H2,1-2H3/b18-17-/t23-,24+/m0/s1. The Morgan fingerprint density at radius 3 is 1.79 bits per heavy atom. The summed E-state index contributed by atoms with van der Waals surface area (Å²) in [5.74, 6) is 0. The Kier molecular flexibility index (Phi) is 22.5. The molecule has 0 radical (unpaired) electrons. The van der Waals surface area contributed by atoms with Gasteiger partial charge in [-0.15, -0.1) is 0 Å². The SMILES string of the molecule is CCCCCCCCCCCCCCC/C=C\C[C@H](COC[C@@H](O)CO)OC. The molecule has 0 rings (SSSR count). The molecule has 28 heavy (non-hydrogen) atoms. The third-order valence-electron chi connectivity index (χ3n) is 5.20. The number of allylic oxidation sites excluding steroid dienone is 1. The number of aliphatic hydroxyl groups excluding tert-OH is 2. The average Bonchev–Trinajstić information content (AvgIpc) is 2.71. The molecule has 2 atom stereocenters. The van der Waals surface area contributed by atoms with E-state index < -0.39 is 6.10 Å². The van der Waals surface area contributed by atoms with Gasteiger partial charge in [-0.3, -0.25) is 0 Å². The largest absolute Gasteiger partial charge is 0.394 e. The van der Waals surface area contributed by atoms with E-state index in [1.54, 1.807) is 7.11 Å². The quantitative estimate of drug-likeness (QED) is 0.178. The molecule has 0 amide bonds. The van der Waals surface area contributed by atoms with E-state index in [0.717, 1.165) is 12.8 Å². The summed E-state index contributed by atoms with van der Waals surface area (Å²) in [6, 6.07) is 0. The second-order valence-corrected chi connectivity index (χ2v) is 7.97. The minimum absolute atomic E-state index is 0.00814. The van der Waals surface area contributed by atoms with Crippen LogP contribution >= 0.6 is 0 Å². The van der Waals surface area contributed by atoms with Crippen molar-refractivity contribution in [3.8, 4) is 0 Å². The third kappa shape index (κ3) is 20.3. The van der Waals surface area contributed by atoms with Crippen LogP contribution in [0.3, 0.4) is 0 Å². The number of rotatable bonds is 22. The molecule has 168 valence electrons. The first-order chi connectivity index (χ1) is 13.7. The number of ether oxygens (including phenoxy) is 2. The maximum absolute atomic E-state index is 9.24. The highest BCUT2D eigenvalue weighted by Gasteiger charge is 2.07. The molecule has 0 fully saturated rings. The van der Waals surface area contributed by atoms with Crippen LogP contribution in [0.4, 0.5) is 0 Å². The first kappa shape index (κ1) is 27.6. The van der Waals surface area contributed by atoms with Gasteiger partial charge in [0.15, 0.2) is 0 Å². The molecular weight excluding hydrogens is 352 g/mol. The smallest absolute Gasteiger partial charge is 0.100 e. The lowest BCUT2D eigenvalue weighted by molar-refractivity contribution is -0.0345. The summed E-state index contributed by atoms with van der Waals surface area (Å²) in [7, 11) is 1.68. The van der Waals surface area contributed by atoms with Crippen LogP contribution in [0.25, 0.3) is 0 Å². The zero-order chi connectivity index (χ0) is 20.7. The van der Waals surface area contributed by atoms with E-state index in [9.17, 15) is 5.11 Å². The lowest BCUT2D eigenvalue weighted by atomic mass is 10.0. The summed E-state index contributed by atoms with van der Waals surface area (Å²) in [4.78, 5) is 0. The van der Waals surface area contributed by atoms with Crippen LogP contribution in [0.5, 0.6) is 0 Å². The van der Waals surface area contributed by atoms with Crippen molar-refractivity contribution >= 4 is 0 Å². The minimum atomic E-state index is -0.802. The van der Waals surface area contributed by atoms with E-state index in [2.05, 4.69) is 19.1 Å². The normalized spacial score (nSPS) is 14.0. The van der Waals surface area contributed by atoms with Gasteiger partial charge in [0.05, 0.1) is 25.9 Å². The summed E-state index contributed by atoms with van der Waals surface area (Å²) in [6.07, 6.45) is 23.7. The Morgan fingerprint density at radius 2 is 1.29 bits per heavy atom. The van der Waals surface area contributed by atoms with Gasteiger partial charge in [0.25, 0.3) is 0 Å². The van der Waals surface area contributed by atoms with E-state index in [1.807, 2.05) is 0 Å². The van der Waals surface area contributed by atoms with Crippen molar-refractivity contribution in [3.05, 3.63) is 12.2 Å². The van der Waals surface area contributed by atoms with Gasteiger partial charge in [0.2, 0.25) is 0 Å². The first-order valence-corrected chi connectivity index (χ1v) is 11.8. The molecule has 0 aromatic heterocycles. The molecule has 4 nitrogen and oxygen atoms in total. The number of aliphatic hydroxyl groups is 2. The Bertz CT molecular complexity index is 320. The molecule has 0 bridgehead atoms. The average molecular weight is 401 g/mol. The van der Waals surface area contributed by atoms with Crippen molar-refractivity contribution in [1.82, 2.24) is 0 Å². The third-order valence-corrected chi connectivity index (χ3v) is 5.20. The number of methoxy groups -OCH3 is 1. The molecule has 0 aliphatic heterocycles. The molecule has 0 heterocycles. The second kappa shape index (κ2) is 22.9. The maximum Gasteiger partial charge on any atom is 0.100 e. The summed E-state index contributed by atoms with van der Waals surface area (Å²) in [5.41, 5.74) is 0. The summed E-state index contributed by atoms with van der Waals surface area (Å²) in [6.45, 7) is 2.60. The number of hydrogen-bond acceptors (Lipinski definition) is 4. The zero-order valence-corrected chi connectivity index (χ0v) is 18.7.